The molecular formula is C26H34N4O4. The third-order valence-corrected chi connectivity index (χ3v) is 7.12. The summed E-state index contributed by atoms with van der Waals surface area (Å²) in [4.78, 5) is 42.9. The van der Waals surface area contributed by atoms with Crippen LogP contribution in [0.3, 0.4) is 0 Å². The fourth-order valence-corrected chi connectivity index (χ4v) is 5.18. The number of carbonyl (C=O) groups excluding carboxylic acids is 3. The number of aryl methyl sites for hydroxylation is 1. The van der Waals surface area contributed by atoms with E-state index in [1.54, 1.807) is 19.1 Å². The molecule has 0 radical (unpaired) electrons. The third kappa shape index (κ3) is 4.78. The van der Waals surface area contributed by atoms with Crippen molar-refractivity contribution >= 4 is 17.7 Å². The first kappa shape index (κ1) is 24.1. The molecular weight excluding hydrogens is 432 g/mol. The molecule has 1 saturated heterocycles. The highest BCUT2D eigenvalue weighted by Crippen LogP contribution is 2.40. The summed E-state index contributed by atoms with van der Waals surface area (Å²) in [5.74, 6) is -0.706. The van der Waals surface area contributed by atoms with E-state index in [-0.39, 0.29) is 30.6 Å². The van der Waals surface area contributed by atoms with Crippen molar-refractivity contribution in [2.24, 2.45) is 0 Å². The van der Waals surface area contributed by atoms with Gasteiger partial charge in [-0.2, -0.15) is 5.10 Å². The summed E-state index contributed by atoms with van der Waals surface area (Å²) in [6.07, 6.45) is 5.97. The number of aromatic nitrogens is 2. The monoisotopic (exact) mass is 466 g/mol. The van der Waals surface area contributed by atoms with Crippen molar-refractivity contribution in [3.63, 3.8) is 0 Å². The highest BCUT2D eigenvalue weighted by molar-refractivity contribution is 6.10. The zero-order valence-corrected chi connectivity index (χ0v) is 20.1. The van der Waals surface area contributed by atoms with Crippen molar-refractivity contribution in [2.45, 2.75) is 63.3 Å². The molecule has 8 heteroatoms. The van der Waals surface area contributed by atoms with Gasteiger partial charge >= 0.3 is 0 Å². The maximum atomic E-state index is 13.6. The molecule has 182 valence electrons. The van der Waals surface area contributed by atoms with E-state index >= 15 is 0 Å². The second-order valence-corrected chi connectivity index (χ2v) is 9.44. The Balaban J connectivity index is 1.54. The summed E-state index contributed by atoms with van der Waals surface area (Å²) in [6, 6.07) is 9.23. The number of nitrogens with zero attached hydrogens (tertiary/aromatic N) is 3. The molecule has 1 aliphatic carbocycles. The molecule has 0 saturated carbocycles. The Morgan fingerprint density at radius 3 is 2.71 bits per heavy atom. The third-order valence-electron chi connectivity index (χ3n) is 7.12. The first-order chi connectivity index (χ1) is 16.5. The number of likely N-dealkylation sites (tertiary alicyclic amines) is 1. The number of rotatable bonds is 9. The molecule has 34 heavy (non-hydrogen) atoms. The highest BCUT2D eigenvalue weighted by atomic mass is 16.5. The lowest BCUT2D eigenvalue weighted by Gasteiger charge is -2.29. The number of amides is 3. The normalized spacial score (nSPS) is 20.4. The Bertz CT molecular complexity index is 1030. The van der Waals surface area contributed by atoms with Crippen LogP contribution in [-0.2, 0) is 43.9 Å². The van der Waals surface area contributed by atoms with E-state index in [1.165, 1.54) is 22.6 Å². The van der Waals surface area contributed by atoms with Gasteiger partial charge in [0.2, 0.25) is 17.7 Å². The molecule has 2 aromatic rings. The minimum Gasteiger partial charge on any atom is -0.385 e. The van der Waals surface area contributed by atoms with Crippen molar-refractivity contribution in [1.29, 1.82) is 0 Å². The van der Waals surface area contributed by atoms with Crippen molar-refractivity contribution in [1.82, 2.24) is 20.0 Å². The van der Waals surface area contributed by atoms with Gasteiger partial charge < -0.3 is 9.64 Å². The van der Waals surface area contributed by atoms with Crippen LogP contribution in [0.15, 0.2) is 30.3 Å². The molecule has 0 spiro atoms. The number of carbonyl (C=O) groups is 3. The first-order valence-electron chi connectivity index (χ1n) is 12.1. The van der Waals surface area contributed by atoms with Gasteiger partial charge in [-0.1, -0.05) is 36.8 Å². The van der Waals surface area contributed by atoms with Crippen molar-refractivity contribution in [3.8, 4) is 0 Å². The van der Waals surface area contributed by atoms with E-state index in [4.69, 9.17) is 4.74 Å². The number of aromatic amines is 1. The second kappa shape index (κ2) is 10.5. The molecule has 4 rings (SSSR count). The van der Waals surface area contributed by atoms with Crippen LogP contribution in [0.5, 0.6) is 0 Å². The fourth-order valence-electron chi connectivity index (χ4n) is 5.18. The number of hydrogen-bond donors (Lipinski definition) is 1. The number of ether oxygens (including phenoxy) is 1. The van der Waals surface area contributed by atoms with Crippen LogP contribution >= 0.6 is 0 Å². The topological polar surface area (TPSA) is 95.6 Å². The molecule has 1 fully saturated rings. The van der Waals surface area contributed by atoms with Crippen LogP contribution < -0.4 is 0 Å². The fraction of sp³-hybridized carbons (Fsp3) is 0.538. The van der Waals surface area contributed by atoms with Crippen LogP contribution in [0.25, 0.3) is 0 Å². The number of H-pyrrole nitrogens is 1. The lowest BCUT2D eigenvalue weighted by molar-refractivity contribution is -0.142. The number of nitrogens with one attached hydrogen (secondary N) is 1. The van der Waals surface area contributed by atoms with Crippen LogP contribution in [0.2, 0.25) is 0 Å². The van der Waals surface area contributed by atoms with Crippen LogP contribution in [0, 0.1) is 0 Å². The Kier molecular flexibility index (Phi) is 7.46. The predicted octanol–water partition coefficient (Wildman–Crippen LogP) is 2.76. The molecule has 0 unspecified atom stereocenters. The molecule has 8 nitrogen and oxygen atoms in total. The minimum atomic E-state index is -1.18. The van der Waals surface area contributed by atoms with E-state index in [9.17, 15) is 14.4 Å². The van der Waals surface area contributed by atoms with E-state index in [0.29, 0.717) is 31.7 Å². The Labute approximate surface area is 200 Å². The van der Waals surface area contributed by atoms with Gasteiger partial charge in [0.15, 0.2) is 0 Å². The Hall–Kier alpha value is -3.00. The molecule has 2 aliphatic rings. The first-order valence-corrected chi connectivity index (χ1v) is 12.1. The van der Waals surface area contributed by atoms with E-state index in [1.807, 2.05) is 30.3 Å². The van der Waals surface area contributed by atoms with Gasteiger partial charge in [0.1, 0.15) is 0 Å². The van der Waals surface area contributed by atoms with Gasteiger partial charge in [-0.25, -0.2) is 0 Å². The predicted molar refractivity (Wildman–Crippen MR) is 127 cm³/mol. The number of imide groups is 1. The average molecular weight is 467 g/mol. The molecule has 3 amide bonds. The van der Waals surface area contributed by atoms with Crippen molar-refractivity contribution < 1.29 is 19.1 Å². The largest absolute Gasteiger partial charge is 0.385 e. The summed E-state index contributed by atoms with van der Waals surface area (Å²) in [7, 11) is 3.34. The number of benzene rings is 1. The molecule has 0 bridgehead atoms. The summed E-state index contributed by atoms with van der Waals surface area (Å²) in [5.41, 5.74) is 2.83. The number of methoxy groups -OCH3 is 1. The quantitative estimate of drug-likeness (QED) is 0.348. The zero-order chi connectivity index (χ0) is 24.1. The van der Waals surface area contributed by atoms with E-state index in [0.717, 1.165) is 31.4 Å². The number of hydrogen-bond acceptors (Lipinski definition) is 5. The zero-order valence-electron chi connectivity index (χ0n) is 20.1. The second-order valence-electron chi connectivity index (χ2n) is 9.44. The molecule has 1 aromatic heterocycles. The van der Waals surface area contributed by atoms with Crippen LogP contribution in [0.4, 0.5) is 0 Å². The molecule has 1 N–H and O–H groups in total. The number of fused-ring (bicyclic) bond motifs is 1. The molecule has 1 aliphatic heterocycles. The van der Waals surface area contributed by atoms with Gasteiger partial charge in [-0.3, -0.25) is 24.4 Å². The molecule has 1 atom stereocenters. The van der Waals surface area contributed by atoms with Crippen LogP contribution in [0.1, 0.15) is 61.0 Å². The molecule has 1 aromatic carbocycles. The maximum absolute atomic E-state index is 13.6. The van der Waals surface area contributed by atoms with Gasteiger partial charge in [-0.15, -0.1) is 0 Å². The van der Waals surface area contributed by atoms with Crippen molar-refractivity contribution in [2.75, 3.05) is 27.3 Å². The summed E-state index contributed by atoms with van der Waals surface area (Å²) >= 11 is 0. The summed E-state index contributed by atoms with van der Waals surface area (Å²) in [5, 5.41) is 7.65. The SMILES string of the molecule is COCCCN1C(=O)C[C@](CC(=O)N(C)Cc2n[nH]c3c2CCCCC3)(c2ccccc2)C1=O. The Morgan fingerprint density at radius 2 is 1.94 bits per heavy atom. The minimum absolute atomic E-state index is 0.000210. The van der Waals surface area contributed by atoms with Gasteiger partial charge in [0.25, 0.3) is 0 Å². The standard InChI is InChI=1S/C26H34N4O4/c1-29(18-22-20-12-7-4-8-13-21(20)27-28-22)23(31)16-26(19-10-5-3-6-11-19)17-24(32)30(25(26)33)14-9-15-34-2/h3,5-6,10-11H,4,7-9,12-18H2,1-2H3,(H,27,28)/t26-/m1/s1. The molecule has 2 heterocycles. The van der Waals surface area contributed by atoms with Gasteiger partial charge in [0, 0.05) is 45.8 Å². The van der Waals surface area contributed by atoms with Crippen LogP contribution in [-0.4, -0.2) is 65.0 Å². The van der Waals surface area contributed by atoms with E-state index < -0.39 is 5.41 Å². The van der Waals surface area contributed by atoms with Gasteiger partial charge in [0.05, 0.1) is 17.7 Å². The van der Waals surface area contributed by atoms with Gasteiger partial charge in [-0.05, 0) is 43.2 Å². The maximum Gasteiger partial charge on any atom is 0.240 e. The van der Waals surface area contributed by atoms with E-state index in [2.05, 4.69) is 10.2 Å². The highest BCUT2D eigenvalue weighted by Gasteiger charge is 2.53. The average Bonchev–Trinajstić information content (AvgIpc) is 3.20. The van der Waals surface area contributed by atoms with Crippen molar-refractivity contribution in [3.05, 3.63) is 52.8 Å². The lowest BCUT2D eigenvalue weighted by atomic mass is 9.75. The summed E-state index contributed by atoms with van der Waals surface area (Å²) < 4.78 is 5.08. The lowest BCUT2D eigenvalue weighted by Crippen LogP contribution is -2.43. The Morgan fingerprint density at radius 1 is 1.18 bits per heavy atom. The smallest absolute Gasteiger partial charge is 0.240 e. The summed E-state index contributed by atoms with van der Waals surface area (Å²) in [6.45, 7) is 1.14.